The number of thiazole rings is 1. The summed E-state index contributed by atoms with van der Waals surface area (Å²) in [5.74, 6) is 1.47. The van der Waals surface area contributed by atoms with Gasteiger partial charge in [0.05, 0.1) is 28.8 Å². The van der Waals surface area contributed by atoms with Crippen LogP contribution in [0.5, 0.6) is 11.5 Å². The van der Waals surface area contributed by atoms with Crippen LogP contribution in [0.15, 0.2) is 62.4 Å². The Morgan fingerprint density at radius 2 is 1.89 bits per heavy atom. The summed E-state index contributed by atoms with van der Waals surface area (Å²) in [6, 6.07) is 13.0. The van der Waals surface area contributed by atoms with E-state index in [1.165, 1.54) is 42.9 Å². The van der Waals surface area contributed by atoms with Gasteiger partial charge in [-0.15, -0.1) is 11.3 Å². The Labute approximate surface area is 204 Å². The summed E-state index contributed by atoms with van der Waals surface area (Å²) in [6.07, 6.45) is 7.15. The van der Waals surface area contributed by atoms with Crippen LogP contribution in [-0.4, -0.2) is 28.6 Å². The Morgan fingerprint density at radius 1 is 1.09 bits per heavy atom. The van der Waals surface area contributed by atoms with Crippen molar-refractivity contribution >= 4 is 34.2 Å². The average Bonchev–Trinajstić information content (AvgIpc) is 3.60. The predicted octanol–water partition coefficient (Wildman–Crippen LogP) is 5.72. The van der Waals surface area contributed by atoms with E-state index in [1.54, 1.807) is 10.7 Å². The molecule has 2 aromatic carbocycles. The molecule has 0 amide bonds. The van der Waals surface area contributed by atoms with Crippen molar-refractivity contribution in [2.45, 2.75) is 38.1 Å². The maximum absolute atomic E-state index is 11.7. The van der Waals surface area contributed by atoms with Crippen LogP contribution in [0.4, 0.5) is 5.69 Å². The van der Waals surface area contributed by atoms with Crippen molar-refractivity contribution in [3.05, 3.63) is 68.3 Å². The van der Waals surface area contributed by atoms with Crippen molar-refractivity contribution in [3.63, 3.8) is 0 Å². The molecule has 0 radical (unpaired) electrons. The fraction of sp³-hybridized carbons (Fsp3) is 0.280. The first kappa shape index (κ1) is 21.6. The van der Waals surface area contributed by atoms with Gasteiger partial charge in [-0.3, -0.25) is 15.1 Å². The lowest BCUT2D eigenvalue weighted by molar-refractivity contribution is -0.385. The smallest absolute Gasteiger partial charge is 0.282 e. The van der Waals surface area contributed by atoms with Crippen LogP contribution in [0, 0.1) is 10.1 Å². The van der Waals surface area contributed by atoms with Gasteiger partial charge in [-0.1, -0.05) is 37.5 Å². The minimum atomic E-state index is -0.449. The number of furan rings is 1. The van der Waals surface area contributed by atoms with Crippen LogP contribution in [0.1, 0.15) is 37.7 Å². The largest absolute Gasteiger partial charge is 0.454 e. The van der Waals surface area contributed by atoms with E-state index in [1.807, 2.05) is 35.7 Å². The molecule has 1 aliphatic carbocycles. The highest BCUT2D eigenvalue weighted by atomic mass is 32.1. The number of ether oxygens (including phenoxy) is 2. The lowest BCUT2D eigenvalue weighted by Gasteiger charge is -2.16. The second-order valence-corrected chi connectivity index (χ2v) is 9.39. The molecule has 178 valence electrons. The second-order valence-electron chi connectivity index (χ2n) is 8.55. The maximum Gasteiger partial charge on any atom is 0.282 e. The zero-order valence-electron chi connectivity index (χ0n) is 18.8. The second kappa shape index (κ2) is 9.03. The van der Waals surface area contributed by atoms with Gasteiger partial charge in [-0.25, -0.2) is 4.68 Å². The molecule has 9 nitrogen and oxygen atoms in total. The highest BCUT2D eigenvalue weighted by Crippen LogP contribution is 2.37. The Balaban J connectivity index is 1.47. The molecule has 10 heteroatoms. The number of para-hydroxylation sites is 1. The standard InChI is InChI=1S/C25H22N4O5S/c30-29(31)19-12-24-23(32-15-33-24)11-17(19)13-26-28-20(22-10-16-6-4-5-9-21(16)34-22)14-35-25(28)27-18-7-2-1-3-8-18/h4-6,9-14,18H,1-3,7-8,15H2. The van der Waals surface area contributed by atoms with Gasteiger partial charge in [-0.05, 0) is 31.0 Å². The molecule has 0 spiro atoms. The number of aromatic nitrogens is 1. The van der Waals surface area contributed by atoms with Gasteiger partial charge in [-0.2, -0.15) is 5.10 Å². The Bertz CT molecular complexity index is 1480. The number of hydrogen-bond acceptors (Lipinski definition) is 8. The molecular formula is C25H22N4O5S. The van der Waals surface area contributed by atoms with E-state index in [0.717, 1.165) is 34.3 Å². The van der Waals surface area contributed by atoms with Gasteiger partial charge in [0.15, 0.2) is 17.3 Å². The number of nitro benzene ring substituents is 1. The summed E-state index contributed by atoms with van der Waals surface area (Å²) >= 11 is 1.48. The maximum atomic E-state index is 11.7. The highest BCUT2D eigenvalue weighted by molar-refractivity contribution is 7.07. The lowest BCUT2D eigenvalue weighted by Crippen LogP contribution is -2.19. The monoisotopic (exact) mass is 490 g/mol. The molecule has 1 saturated carbocycles. The summed E-state index contributed by atoms with van der Waals surface area (Å²) in [5.41, 5.74) is 1.73. The van der Waals surface area contributed by atoms with Crippen LogP contribution in [0.3, 0.4) is 0 Å². The molecular weight excluding hydrogens is 468 g/mol. The molecule has 0 atom stereocenters. The van der Waals surface area contributed by atoms with Crippen LogP contribution < -0.4 is 14.3 Å². The molecule has 0 unspecified atom stereocenters. The van der Waals surface area contributed by atoms with E-state index in [4.69, 9.17) is 18.9 Å². The molecule has 2 aliphatic rings. The Hall–Kier alpha value is -3.92. The molecule has 1 aliphatic heterocycles. The van der Waals surface area contributed by atoms with Crippen LogP contribution >= 0.6 is 11.3 Å². The first-order valence-corrected chi connectivity index (χ1v) is 12.4. The zero-order valence-corrected chi connectivity index (χ0v) is 19.6. The van der Waals surface area contributed by atoms with Gasteiger partial charge in [0, 0.05) is 10.8 Å². The minimum absolute atomic E-state index is 0.0347. The summed E-state index contributed by atoms with van der Waals surface area (Å²) < 4.78 is 18.5. The molecule has 0 bridgehead atoms. The minimum Gasteiger partial charge on any atom is -0.454 e. The van der Waals surface area contributed by atoms with Crippen molar-refractivity contribution in [2.75, 3.05) is 6.79 Å². The van der Waals surface area contributed by atoms with Crippen LogP contribution in [-0.2, 0) is 0 Å². The number of nitro groups is 1. The first-order valence-electron chi connectivity index (χ1n) is 11.5. The summed E-state index contributed by atoms with van der Waals surface area (Å²) in [7, 11) is 0. The Morgan fingerprint density at radius 3 is 2.69 bits per heavy atom. The van der Waals surface area contributed by atoms with Crippen molar-refractivity contribution in [1.29, 1.82) is 0 Å². The Kier molecular flexibility index (Phi) is 5.57. The first-order chi connectivity index (χ1) is 17.2. The van der Waals surface area contributed by atoms with Crippen molar-refractivity contribution < 1.29 is 18.8 Å². The van der Waals surface area contributed by atoms with E-state index in [2.05, 4.69) is 5.10 Å². The third-order valence-electron chi connectivity index (χ3n) is 6.26. The third kappa shape index (κ3) is 4.21. The number of hydrogen-bond donors (Lipinski definition) is 0. The molecule has 3 heterocycles. The van der Waals surface area contributed by atoms with Crippen LogP contribution in [0.2, 0.25) is 0 Å². The van der Waals surface area contributed by atoms with Crippen molar-refractivity contribution in [2.24, 2.45) is 10.1 Å². The normalized spacial score (nSPS) is 16.5. The quantitative estimate of drug-likeness (QED) is 0.202. The van der Waals surface area contributed by atoms with Crippen molar-refractivity contribution in [1.82, 2.24) is 4.68 Å². The fourth-order valence-corrected chi connectivity index (χ4v) is 5.36. The van der Waals surface area contributed by atoms with E-state index in [9.17, 15) is 10.1 Å². The molecule has 0 saturated heterocycles. The number of fused-ring (bicyclic) bond motifs is 2. The molecule has 0 N–H and O–H groups in total. The molecule has 2 aromatic heterocycles. The summed E-state index contributed by atoms with van der Waals surface area (Å²) in [4.78, 5) is 17.0. The lowest BCUT2D eigenvalue weighted by atomic mass is 9.96. The van der Waals surface area contributed by atoms with E-state index >= 15 is 0 Å². The van der Waals surface area contributed by atoms with Crippen LogP contribution in [0.25, 0.3) is 22.4 Å². The molecule has 6 rings (SSSR count). The van der Waals surface area contributed by atoms with E-state index in [-0.39, 0.29) is 18.5 Å². The number of benzene rings is 2. The van der Waals surface area contributed by atoms with Gasteiger partial charge >= 0.3 is 0 Å². The fourth-order valence-electron chi connectivity index (χ4n) is 4.47. The highest BCUT2D eigenvalue weighted by Gasteiger charge is 2.23. The summed E-state index contributed by atoms with van der Waals surface area (Å²) in [5, 5.41) is 19.3. The average molecular weight is 491 g/mol. The van der Waals surface area contributed by atoms with E-state index in [0.29, 0.717) is 22.8 Å². The molecule has 35 heavy (non-hydrogen) atoms. The van der Waals surface area contributed by atoms with Gasteiger partial charge in [0.1, 0.15) is 11.3 Å². The molecule has 1 fully saturated rings. The number of rotatable bonds is 5. The molecule has 4 aromatic rings. The van der Waals surface area contributed by atoms with Gasteiger partial charge in [0.25, 0.3) is 5.69 Å². The number of nitrogens with zero attached hydrogens (tertiary/aromatic N) is 4. The SMILES string of the molecule is O=[N+]([O-])c1cc2c(cc1C=Nn1c(-c3cc4ccccc4o3)csc1=NC1CCCCC1)OCO2. The van der Waals surface area contributed by atoms with Crippen molar-refractivity contribution in [3.8, 4) is 23.0 Å². The summed E-state index contributed by atoms with van der Waals surface area (Å²) in [6.45, 7) is 0.0347. The van der Waals surface area contributed by atoms with Gasteiger partial charge in [0.2, 0.25) is 11.6 Å². The zero-order chi connectivity index (χ0) is 23.8. The third-order valence-corrected chi connectivity index (χ3v) is 7.09. The topological polar surface area (TPSA) is 104 Å². The van der Waals surface area contributed by atoms with E-state index < -0.39 is 4.92 Å². The van der Waals surface area contributed by atoms with Gasteiger partial charge < -0.3 is 13.9 Å². The predicted molar refractivity (Wildman–Crippen MR) is 132 cm³/mol.